The third-order valence-electron chi connectivity index (χ3n) is 10.7. The van der Waals surface area contributed by atoms with Crippen LogP contribution in [0.25, 0.3) is 66.1 Å². The summed E-state index contributed by atoms with van der Waals surface area (Å²) < 4.78 is 16.0. The molecule has 0 unspecified atom stereocenters. The molecule has 0 aliphatic rings. The summed E-state index contributed by atoms with van der Waals surface area (Å²) >= 11 is 0. The van der Waals surface area contributed by atoms with Gasteiger partial charge < -0.3 is 28.4 Å². The normalized spacial score (nSPS) is 11.6. The fraction of sp³-hybridized carbons (Fsp3) is 0.217. The Bertz CT molecular complexity index is 2390. The van der Waals surface area contributed by atoms with Crippen molar-refractivity contribution in [2.75, 3.05) is 50.2 Å². The molecule has 0 saturated heterocycles. The minimum Gasteiger partial charge on any atom is -0.497 e. The van der Waals surface area contributed by atoms with Gasteiger partial charge in [0.15, 0.2) is 0 Å². The van der Waals surface area contributed by atoms with Crippen LogP contribution in [0.4, 0.5) is 11.4 Å². The number of methoxy groups -OCH3 is 2. The minimum absolute atomic E-state index is 0.842. The van der Waals surface area contributed by atoms with Crippen molar-refractivity contribution in [1.82, 2.24) is 9.13 Å². The molecule has 0 spiro atoms. The standard InChI is InChI=1S/C46H46N4O2/c1-7-47(8-2)33-19-23-45-41(29-33)39-25-31(17-21-43(39)49(45)35-13-11-15-37(27-35)51-5)32-18-22-44-40(26-32)42-30-34(48(9-3)10-4)20-24-46(42)50(44)36-14-12-16-38(28-36)52-6/h11-30H,7-10H2,1-6H3. The Morgan fingerprint density at radius 2 is 0.788 bits per heavy atom. The Labute approximate surface area is 306 Å². The highest BCUT2D eigenvalue weighted by Gasteiger charge is 2.18. The van der Waals surface area contributed by atoms with Gasteiger partial charge in [0, 0.05) is 82.6 Å². The van der Waals surface area contributed by atoms with Crippen molar-refractivity contribution < 1.29 is 9.47 Å². The number of aromatic nitrogens is 2. The molecule has 2 aromatic heterocycles. The number of benzene rings is 6. The lowest BCUT2D eigenvalue weighted by Crippen LogP contribution is -2.21. The molecule has 6 nitrogen and oxygen atoms in total. The molecule has 8 rings (SSSR count). The Morgan fingerprint density at radius 3 is 1.15 bits per heavy atom. The van der Waals surface area contributed by atoms with Crippen LogP contribution < -0.4 is 19.3 Å². The number of anilines is 2. The number of rotatable bonds is 11. The third-order valence-corrected chi connectivity index (χ3v) is 10.7. The predicted molar refractivity (Wildman–Crippen MR) is 221 cm³/mol. The molecule has 0 aliphatic carbocycles. The molecule has 0 fully saturated rings. The van der Waals surface area contributed by atoms with E-state index in [4.69, 9.17) is 9.47 Å². The van der Waals surface area contributed by atoms with Gasteiger partial charge in [-0.05, 0) is 124 Å². The lowest BCUT2D eigenvalue weighted by atomic mass is 10.00. The van der Waals surface area contributed by atoms with Crippen LogP contribution in [0.1, 0.15) is 27.7 Å². The summed E-state index contributed by atoms with van der Waals surface area (Å²) in [4.78, 5) is 4.83. The number of fused-ring (bicyclic) bond motifs is 6. The first kappa shape index (κ1) is 33.3. The van der Waals surface area contributed by atoms with Gasteiger partial charge in [0.25, 0.3) is 0 Å². The topological polar surface area (TPSA) is 34.8 Å². The summed E-state index contributed by atoms with van der Waals surface area (Å²) in [5.74, 6) is 1.68. The molecule has 262 valence electrons. The van der Waals surface area contributed by atoms with Crippen LogP contribution >= 0.6 is 0 Å². The molecule has 6 aromatic carbocycles. The van der Waals surface area contributed by atoms with Crippen molar-refractivity contribution in [3.63, 3.8) is 0 Å². The Balaban J connectivity index is 1.36. The molecular formula is C46H46N4O2. The summed E-state index contributed by atoms with van der Waals surface area (Å²) in [5, 5.41) is 4.94. The minimum atomic E-state index is 0.842. The first-order valence-corrected chi connectivity index (χ1v) is 18.5. The van der Waals surface area contributed by atoms with Crippen LogP contribution in [0.5, 0.6) is 11.5 Å². The number of nitrogens with zero attached hydrogens (tertiary/aromatic N) is 4. The highest BCUT2D eigenvalue weighted by atomic mass is 16.5. The van der Waals surface area contributed by atoms with Gasteiger partial charge in [0.1, 0.15) is 11.5 Å². The molecule has 0 aliphatic heterocycles. The van der Waals surface area contributed by atoms with Crippen molar-refractivity contribution in [3.05, 3.63) is 121 Å². The first-order valence-electron chi connectivity index (χ1n) is 18.5. The summed E-state index contributed by atoms with van der Waals surface area (Å²) in [6.45, 7) is 12.7. The van der Waals surface area contributed by atoms with Crippen LogP contribution in [0.15, 0.2) is 121 Å². The molecule has 0 bridgehead atoms. The average Bonchev–Trinajstić information content (AvgIpc) is 3.70. The van der Waals surface area contributed by atoms with Crippen LogP contribution in [-0.2, 0) is 0 Å². The lowest BCUT2D eigenvalue weighted by Gasteiger charge is -2.21. The van der Waals surface area contributed by atoms with Crippen molar-refractivity contribution in [3.8, 4) is 34.0 Å². The van der Waals surface area contributed by atoms with E-state index in [0.29, 0.717) is 0 Å². The maximum atomic E-state index is 5.64. The molecule has 8 aromatic rings. The fourth-order valence-corrected chi connectivity index (χ4v) is 8.01. The monoisotopic (exact) mass is 686 g/mol. The molecule has 6 heteroatoms. The van der Waals surface area contributed by atoms with Crippen molar-refractivity contribution >= 4 is 55.0 Å². The van der Waals surface area contributed by atoms with E-state index in [1.165, 1.54) is 66.1 Å². The van der Waals surface area contributed by atoms with Crippen LogP contribution in [-0.4, -0.2) is 49.5 Å². The van der Waals surface area contributed by atoms with Crippen LogP contribution in [0, 0.1) is 0 Å². The van der Waals surface area contributed by atoms with Crippen LogP contribution in [0.3, 0.4) is 0 Å². The Kier molecular flexibility index (Phi) is 8.76. The lowest BCUT2D eigenvalue weighted by molar-refractivity contribution is 0.414. The van der Waals surface area contributed by atoms with Gasteiger partial charge in [0.05, 0.1) is 36.3 Å². The molecule has 0 atom stereocenters. The maximum Gasteiger partial charge on any atom is 0.120 e. The zero-order valence-electron chi connectivity index (χ0n) is 31.0. The molecule has 0 N–H and O–H groups in total. The third kappa shape index (κ3) is 5.50. The van der Waals surface area contributed by atoms with E-state index in [1.54, 1.807) is 14.2 Å². The van der Waals surface area contributed by atoms with Gasteiger partial charge in [-0.15, -0.1) is 0 Å². The second-order valence-corrected chi connectivity index (χ2v) is 13.3. The molecule has 0 amide bonds. The van der Waals surface area contributed by atoms with E-state index in [2.05, 4.69) is 156 Å². The predicted octanol–water partition coefficient (Wildman–Crippen LogP) is 11.3. The van der Waals surface area contributed by atoms with E-state index in [0.717, 1.165) is 49.1 Å². The first-order chi connectivity index (χ1) is 25.5. The van der Waals surface area contributed by atoms with Crippen LogP contribution in [0.2, 0.25) is 0 Å². The summed E-state index contributed by atoms with van der Waals surface area (Å²) in [7, 11) is 3.45. The maximum absolute atomic E-state index is 5.64. The average molecular weight is 687 g/mol. The fourth-order valence-electron chi connectivity index (χ4n) is 8.01. The Hall–Kier alpha value is -5.88. The molecule has 52 heavy (non-hydrogen) atoms. The number of hydrogen-bond acceptors (Lipinski definition) is 4. The molecule has 2 heterocycles. The van der Waals surface area contributed by atoms with E-state index in [9.17, 15) is 0 Å². The molecule has 0 radical (unpaired) electrons. The zero-order chi connectivity index (χ0) is 35.9. The smallest absolute Gasteiger partial charge is 0.120 e. The van der Waals surface area contributed by atoms with E-state index >= 15 is 0 Å². The van der Waals surface area contributed by atoms with Crippen molar-refractivity contribution in [2.45, 2.75) is 27.7 Å². The van der Waals surface area contributed by atoms with E-state index in [1.807, 2.05) is 12.1 Å². The van der Waals surface area contributed by atoms with Gasteiger partial charge in [-0.3, -0.25) is 0 Å². The Morgan fingerprint density at radius 1 is 0.423 bits per heavy atom. The molecular weight excluding hydrogens is 641 g/mol. The zero-order valence-corrected chi connectivity index (χ0v) is 31.0. The number of hydrogen-bond donors (Lipinski definition) is 0. The van der Waals surface area contributed by atoms with E-state index in [-0.39, 0.29) is 0 Å². The van der Waals surface area contributed by atoms with Gasteiger partial charge in [0.2, 0.25) is 0 Å². The summed E-state index contributed by atoms with van der Waals surface area (Å²) in [5.41, 5.74) is 11.7. The summed E-state index contributed by atoms with van der Waals surface area (Å²) in [6.07, 6.45) is 0. The SMILES string of the molecule is CCN(CC)c1ccc2c(c1)c1cc(-c3ccc4c(c3)c3cc(N(CC)CC)ccc3n4-c3cccc(OC)c3)ccc1n2-c1cccc(OC)c1. The summed E-state index contributed by atoms with van der Waals surface area (Å²) in [6, 6.07) is 44.3. The van der Waals surface area contributed by atoms with Gasteiger partial charge in [-0.25, -0.2) is 0 Å². The highest BCUT2D eigenvalue weighted by Crippen LogP contribution is 2.40. The van der Waals surface area contributed by atoms with Crippen molar-refractivity contribution in [2.24, 2.45) is 0 Å². The largest absolute Gasteiger partial charge is 0.497 e. The molecule has 0 saturated carbocycles. The van der Waals surface area contributed by atoms with Gasteiger partial charge in [-0.2, -0.15) is 0 Å². The highest BCUT2D eigenvalue weighted by molar-refractivity contribution is 6.13. The second kappa shape index (κ2) is 13.7. The van der Waals surface area contributed by atoms with Crippen molar-refractivity contribution in [1.29, 1.82) is 0 Å². The van der Waals surface area contributed by atoms with E-state index < -0.39 is 0 Å². The van der Waals surface area contributed by atoms with Gasteiger partial charge in [-0.1, -0.05) is 24.3 Å². The quantitative estimate of drug-likeness (QED) is 0.136. The van der Waals surface area contributed by atoms with Gasteiger partial charge >= 0.3 is 0 Å². The number of ether oxygens (including phenoxy) is 2. The second-order valence-electron chi connectivity index (χ2n) is 13.3.